The Morgan fingerprint density at radius 2 is 2.12 bits per heavy atom. The molecule has 1 rings (SSSR count). The van der Waals surface area contributed by atoms with Gasteiger partial charge in [0, 0.05) is 4.91 Å². The summed E-state index contributed by atoms with van der Waals surface area (Å²) in [6, 6.07) is 6.29. The van der Waals surface area contributed by atoms with Crippen LogP contribution in [0, 0.1) is 0 Å². The zero-order valence-corrected chi connectivity index (χ0v) is 9.62. The van der Waals surface area contributed by atoms with E-state index in [0.29, 0.717) is 11.1 Å². The number of hydrogen-bond donors (Lipinski definition) is 1. The van der Waals surface area contributed by atoms with Crippen LogP contribution in [0.2, 0.25) is 0 Å². The van der Waals surface area contributed by atoms with Gasteiger partial charge in [-0.05, 0) is 30.2 Å². The van der Waals surface area contributed by atoms with Crippen LogP contribution in [-0.4, -0.2) is 24.7 Å². The first kappa shape index (κ1) is 13.0. The molecule has 0 saturated heterocycles. The molecule has 1 aromatic rings. The Morgan fingerprint density at radius 3 is 2.59 bits per heavy atom. The topological polar surface area (TPSA) is 95.3 Å². The molecule has 0 amide bonds. The molecule has 1 unspecified atom stereocenters. The summed E-state index contributed by atoms with van der Waals surface area (Å²) in [7, 11) is 1.30. The normalized spacial score (nSPS) is 13.4. The van der Waals surface area contributed by atoms with Crippen LogP contribution >= 0.6 is 0 Å². The fourth-order valence-corrected chi connectivity index (χ4v) is 1.34. The second-order valence-corrected chi connectivity index (χ2v) is 3.73. The molecule has 6 heteroatoms. The number of nitrogens with zero attached hydrogens (tertiary/aromatic N) is 3. The first-order chi connectivity index (χ1) is 8.01. The fourth-order valence-electron chi connectivity index (χ4n) is 1.34. The maximum absolute atomic E-state index is 11.2. The predicted octanol–water partition coefficient (Wildman–Crippen LogP) is 1.99. The fraction of sp³-hybridized carbons (Fsp3) is 0.364. The van der Waals surface area contributed by atoms with Crippen LogP contribution in [0.25, 0.3) is 10.4 Å². The van der Waals surface area contributed by atoms with Crippen LogP contribution in [0.4, 0.5) is 0 Å². The minimum absolute atomic E-state index is 0.0684. The molecule has 0 aromatic heterocycles. The first-order valence-electron chi connectivity index (χ1n) is 4.93. The van der Waals surface area contributed by atoms with E-state index in [9.17, 15) is 9.90 Å². The van der Waals surface area contributed by atoms with Gasteiger partial charge < -0.3 is 9.84 Å². The average Bonchev–Trinajstić information content (AvgIpc) is 2.35. The highest BCUT2D eigenvalue weighted by Gasteiger charge is 2.22. The van der Waals surface area contributed by atoms with Crippen molar-refractivity contribution < 1.29 is 14.6 Å². The van der Waals surface area contributed by atoms with Crippen LogP contribution < -0.4 is 0 Å². The van der Waals surface area contributed by atoms with E-state index in [4.69, 9.17) is 5.53 Å². The van der Waals surface area contributed by atoms with Crippen LogP contribution in [0.5, 0.6) is 0 Å². The highest BCUT2D eigenvalue weighted by atomic mass is 16.5. The van der Waals surface area contributed by atoms with Crippen molar-refractivity contribution in [2.24, 2.45) is 5.11 Å². The van der Waals surface area contributed by atoms with E-state index in [1.165, 1.54) is 14.0 Å². The van der Waals surface area contributed by atoms with Crippen LogP contribution in [0.3, 0.4) is 0 Å². The van der Waals surface area contributed by atoms with Gasteiger partial charge in [0.05, 0.1) is 24.8 Å². The van der Waals surface area contributed by atoms with E-state index in [1.807, 2.05) is 0 Å². The van der Waals surface area contributed by atoms with Crippen molar-refractivity contribution in [3.8, 4) is 0 Å². The van der Waals surface area contributed by atoms with Crippen LogP contribution in [0.15, 0.2) is 29.4 Å². The van der Waals surface area contributed by atoms with Gasteiger partial charge in [0.15, 0.2) is 0 Å². The number of rotatable bonds is 4. The Kier molecular flexibility index (Phi) is 4.09. The van der Waals surface area contributed by atoms with E-state index in [-0.39, 0.29) is 6.54 Å². The molecule has 17 heavy (non-hydrogen) atoms. The molecule has 0 radical (unpaired) electrons. The molecule has 0 aliphatic heterocycles. The van der Waals surface area contributed by atoms with E-state index in [1.54, 1.807) is 24.3 Å². The van der Waals surface area contributed by atoms with Gasteiger partial charge >= 0.3 is 5.97 Å². The van der Waals surface area contributed by atoms with Gasteiger partial charge in [0.25, 0.3) is 0 Å². The zero-order chi connectivity index (χ0) is 12.9. The van der Waals surface area contributed by atoms with Crippen molar-refractivity contribution in [3.05, 3.63) is 45.8 Å². The maximum Gasteiger partial charge on any atom is 0.337 e. The Morgan fingerprint density at radius 1 is 1.53 bits per heavy atom. The van der Waals surface area contributed by atoms with Gasteiger partial charge in [0.1, 0.15) is 0 Å². The molecule has 0 aliphatic rings. The molecule has 1 N–H and O–H groups in total. The molecule has 90 valence electrons. The summed E-state index contributed by atoms with van der Waals surface area (Å²) in [5.74, 6) is -0.439. The summed E-state index contributed by atoms with van der Waals surface area (Å²) >= 11 is 0. The molecule has 1 atom stereocenters. The molecule has 1 aromatic carbocycles. The Balaban J connectivity index is 2.93. The summed E-state index contributed by atoms with van der Waals surface area (Å²) in [5, 5.41) is 13.4. The maximum atomic E-state index is 11.2. The summed E-state index contributed by atoms with van der Waals surface area (Å²) in [4.78, 5) is 13.8. The number of carbonyl (C=O) groups excluding carboxylic acids is 1. The number of carbonyl (C=O) groups is 1. The van der Waals surface area contributed by atoms with E-state index in [2.05, 4.69) is 14.8 Å². The van der Waals surface area contributed by atoms with E-state index < -0.39 is 11.6 Å². The Labute approximate surface area is 98.5 Å². The standard InChI is InChI=1S/C11H13N3O3/c1-11(16,7-13-14-12)9-5-3-8(4-6-9)10(15)17-2/h3-6,16H,7H2,1-2H3. The minimum atomic E-state index is -1.25. The molecule has 0 saturated carbocycles. The third kappa shape index (κ3) is 3.21. The minimum Gasteiger partial charge on any atom is -0.465 e. The van der Waals surface area contributed by atoms with Crippen molar-refractivity contribution >= 4 is 5.97 Å². The molecule has 0 spiro atoms. The number of methoxy groups -OCH3 is 1. The first-order valence-corrected chi connectivity index (χ1v) is 4.93. The number of benzene rings is 1. The van der Waals surface area contributed by atoms with Gasteiger partial charge in [-0.15, -0.1) is 0 Å². The van der Waals surface area contributed by atoms with Crippen LogP contribution in [0.1, 0.15) is 22.8 Å². The SMILES string of the molecule is COC(=O)c1ccc(C(C)(O)CN=[N+]=[N-])cc1. The van der Waals surface area contributed by atoms with Crippen molar-refractivity contribution in [1.29, 1.82) is 0 Å². The lowest BCUT2D eigenvalue weighted by molar-refractivity contribution is 0.0595. The zero-order valence-electron chi connectivity index (χ0n) is 9.62. The van der Waals surface area contributed by atoms with E-state index in [0.717, 1.165) is 0 Å². The van der Waals surface area contributed by atoms with Gasteiger partial charge in [0.2, 0.25) is 0 Å². The quantitative estimate of drug-likeness (QED) is 0.374. The van der Waals surface area contributed by atoms with Gasteiger partial charge in [-0.1, -0.05) is 17.2 Å². The number of aliphatic hydroxyl groups is 1. The summed E-state index contributed by atoms with van der Waals surface area (Å²) in [5.41, 5.74) is 7.93. The summed E-state index contributed by atoms with van der Waals surface area (Å²) in [6.45, 7) is 1.47. The molecule has 0 bridgehead atoms. The predicted molar refractivity (Wildman–Crippen MR) is 61.4 cm³/mol. The molecular formula is C11H13N3O3. The Bertz CT molecular complexity index is 448. The smallest absolute Gasteiger partial charge is 0.337 e. The largest absolute Gasteiger partial charge is 0.465 e. The number of azide groups is 1. The van der Waals surface area contributed by atoms with Gasteiger partial charge in [-0.25, -0.2) is 4.79 Å². The molecule has 0 heterocycles. The second kappa shape index (κ2) is 5.34. The number of ether oxygens (including phenoxy) is 1. The molecule has 0 fully saturated rings. The second-order valence-electron chi connectivity index (χ2n) is 3.73. The number of hydrogen-bond acceptors (Lipinski definition) is 4. The van der Waals surface area contributed by atoms with Gasteiger partial charge in [-0.2, -0.15) is 0 Å². The van der Waals surface area contributed by atoms with Crippen molar-refractivity contribution in [2.75, 3.05) is 13.7 Å². The third-order valence-corrected chi connectivity index (χ3v) is 2.37. The van der Waals surface area contributed by atoms with Crippen molar-refractivity contribution in [1.82, 2.24) is 0 Å². The van der Waals surface area contributed by atoms with Crippen molar-refractivity contribution in [2.45, 2.75) is 12.5 Å². The monoisotopic (exact) mass is 235 g/mol. The Hall–Kier alpha value is -2.04. The molecular weight excluding hydrogens is 222 g/mol. The average molecular weight is 235 g/mol. The molecule has 0 aliphatic carbocycles. The van der Waals surface area contributed by atoms with Crippen molar-refractivity contribution in [3.63, 3.8) is 0 Å². The summed E-state index contributed by atoms with van der Waals surface area (Å²) < 4.78 is 4.56. The molecule has 6 nitrogen and oxygen atoms in total. The lowest BCUT2D eigenvalue weighted by Gasteiger charge is -2.21. The summed E-state index contributed by atoms with van der Waals surface area (Å²) in [6.07, 6.45) is 0. The lowest BCUT2D eigenvalue weighted by atomic mass is 9.95. The third-order valence-electron chi connectivity index (χ3n) is 2.37. The lowest BCUT2D eigenvalue weighted by Crippen LogP contribution is -2.24. The van der Waals surface area contributed by atoms with Gasteiger partial charge in [-0.3, -0.25) is 0 Å². The van der Waals surface area contributed by atoms with Crippen LogP contribution in [-0.2, 0) is 10.3 Å². The van der Waals surface area contributed by atoms with E-state index >= 15 is 0 Å². The highest BCUT2D eigenvalue weighted by Crippen LogP contribution is 2.21. The number of esters is 1. The highest BCUT2D eigenvalue weighted by molar-refractivity contribution is 5.89.